The van der Waals surface area contributed by atoms with Crippen molar-refractivity contribution >= 4 is 5.78 Å². The van der Waals surface area contributed by atoms with Gasteiger partial charge in [0, 0.05) is 17.8 Å². The molecule has 110 valence electrons. The van der Waals surface area contributed by atoms with Crippen molar-refractivity contribution in [3.8, 4) is 11.5 Å². The topological polar surface area (TPSA) is 57.5 Å². The number of allylic oxidation sites excluding steroid dienone is 2. The van der Waals surface area contributed by atoms with Crippen LogP contribution in [-0.2, 0) is 11.2 Å². The number of ketones is 1. The maximum atomic E-state index is 12.2. The smallest absolute Gasteiger partial charge is 0.157 e. The van der Waals surface area contributed by atoms with Crippen LogP contribution in [0.4, 0.5) is 0 Å². The van der Waals surface area contributed by atoms with Crippen LogP contribution in [0.3, 0.4) is 0 Å². The summed E-state index contributed by atoms with van der Waals surface area (Å²) in [4.78, 5) is 12.2. The Bertz CT molecular complexity index is 673. The van der Waals surface area contributed by atoms with E-state index < -0.39 is 0 Å². The first-order valence-electron chi connectivity index (χ1n) is 7.78. The van der Waals surface area contributed by atoms with Gasteiger partial charge in [-0.15, -0.1) is 0 Å². The van der Waals surface area contributed by atoms with E-state index >= 15 is 0 Å². The van der Waals surface area contributed by atoms with E-state index in [4.69, 9.17) is 0 Å². The van der Waals surface area contributed by atoms with Crippen LogP contribution in [0.15, 0.2) is 23.8 Å². The SMILES string of the molecule is C[C@]12CC[C@H]3C(=CCc4cc(O)c(O)cc43)[C@@H]1CCC2=O. The number of fused-ring (bicyclic) bond motifs is 5. The van der Waals surface area contributed by atoms with Gasteiger partial charge in [-0.2, -0.15) is 0 Å². The average molecular weight is 284 g/mol. The quantitative estimate of drug-likeness (QED) is 0.567. The first kappa shape index (κ1) is 12.9. The molecule has 0 amide bonds. The molecule has 0 saturated heterocycles. The minimum atomic E-state index is -0.168. The number of Topliss-reactive ketones (excluding diaryl/α,β-unsaturated/α-hetero) is 1. The van der Waals surface area contributed by atoms with Crippen LogP contribution in [0.25, 0.3) is 0 Å². The minimum absolute atomic E-state index is 0.0363. The summed E-state index contributed by atoms with van der Waals surface area (Å²) in [5.74, 6) is 1.02. The molecule has 0 unspecified atom stereocenters. The zero-order valence-electron chi connectivity index (χ0n) is 12.2. The largest absolute Gasteiger partial charge is 0.504 e. The lowest BCUT2D eigenvalue weighted by Gasteiger charge is -2.43. The summed E-state index contributed by atoms with van der Waals surface area (Å²) in [7, 11) is 0. The maximum Gasteiger partial charge on any atom is 0.157 e. The summed E-state index contributed by atoms with van der Waals surface area (Å²) < 4.78 is 0. The Labute approximate surface area is 124 Å². The number of carbonyl (C=O) groups is 1. The molecule has 0 aliphatic heterocycles. The van der Waals surface area contributed by atoms with Crippen molar-refractivity contribution in [1.82, 2.24) is 0 Å². The normalized spacial score (nSPS) is 34.0. The summed E-state index contributed by atoms with van der Waals surface area (Å²) in [5.41, 5.74) is 3.47. The highest BCUT2D eigenvalue weighted by Crippen LogP contribution is 2.58. The van der Waals surface area contributed by atoms with Gasteiger partial charge in [-0.3, -0.25) is 4.79 Å². The van der Waals surface area contributed by atoms with E-state index in [0.717, 1.165) is 36.8 Å². The molecule has 0 radical (unpaired) electrons. The Morgan fingerprint density at radius 2 is 1.95 bits per heavy atom. The molecule has 2 saturated carbocycles. The molecule has 2 fully saturated rings. The van der Waals surface area contributed by atoms with Crippen molar-refractivity contribution in [3.05, 3.63) is 34.9 Å². The van der Waals surface area contributed by atoms with Crippen molar-refractivity contribution in [1.29, 1.82) is 0 Å². The number of rotatable bonds is 0. The first-order valence-corrected chi connectivity index (χ1v) is 7.78. The lowest BCUT2D eigenvalue weighted by molar-refractivity contribution is -0.126. The molecule has 2 N–H and O–H groups in total. The average Bonchev–Trinajstić information content (AvgIpc) is 2.76. The van der Waals surface area contributed by atoms with E-state index in [1.54, 1.807) is 12.1 Å². The van der Waals surface area contributed by atoms with Crippen LogP contribution in [-0.4, -0.2) is 16.0 Å². The molecule has 1 aromatic rings. The second-order valence-electron chi connectivity index (χ2n) is 6.97. The molecule has 0 heterocycles. The molecule has 3 atom stereocenters. The number of hydrogen-bond donors (Lipinski definition) is 2. The molecule has 0 spiro atoms. The Morgan fingerprint density at radius 3 is 2.76 bits per heavy atom. The molecule has 21 heavy (non-hydrogen) atoms. The van der Waals surface area contributed by atoms with Crippen molar-refractivity contribution < 1.29 is 15.0 Å². The van der Waals surface area contributed by atoms with E-state index in [-0.39, 0.29) is 16.9 Å². The Morgan fingerprint density at radius 1 is 1.19 bits per heavy atom. The number of benzene rings is 1. The highest BCUT2D eigenvalue weighted by Gasteiger charge is 2.52. The van der Waals surface area contributed by atoms with Gasteiger partial charge in [0.05, 0.1) is 0 Å². The number of aromatic hydroxyl groups is 2. The highest BCUT2D eigenvalue weighted by molar-refractivity contribution is 5.88. The van der Waals surface area contributed by atoms with Crippen LogP contribution in [0.5, 0.6) is 11.5 Å². The molecule has 1 aromatic carbocycles. The predicted molar refractivity (Wildman–Crippen MR) is 79.4 cm³/mol. The van der Waals surface area contributed by atoms with Crippen LogP contribution >= 0.6 is 0 Å². The minimum Gasteiger partial charge on any atom is -0.504 e. The van der Waals surface area contributed by atoms with Crippen molar-refractivity contribution in [2.24, 2.45) is 11.3 Å². The third kappa shape index (κ3) is 1.63. The second-order valence-corrected chi connectivity index (χ2v) is 6.97. The number of phenolic OH excluding ortho intramolecular Hbond substituents is 2. The molecule has 3 aliphatic carbocycles. The number of phenols is 2. The van der Waals surface area contributed by atoms with Crippen molar-refractivity contribution in [2.45, 2.75) is 44.9 Å². The summed E-state index contributed by atoms with van der Waals surface area (Å²) in [6, 6.07) is 3.41. The number of carbonyl (C=O) groups excluding carboxylic acids is 1. The summed E-state index contributed by atoms with van der Waals surface area (Å²) in [5, 5.41) is 19.5. The number of hydrogen-bond acceptors (Lipinski definition) is 3. The monoisotopic (exact) mass is 284 g/mol. The fourth-order valence-electron chi connectivity index (χ4n) is 4.76. The molecule has 0 bridgehead atoms. The van der Waals surface area contributed by atoms with E-state index in [9.17, 15) is 15.0 Å². The maximum absolute atomic E-state index is 12.2. The molecule has 3 aliphatic rings. The third-order valence-corrected chi connectivity index (χ3v) is 5.99. The van der Waals surface area contributed by atoms with Gasteiger partial charge < -0.3 is 10.2 Å². The zero-order chi connectivity index (χ0) is 14.8. The molecular formula is C18H20O3. The molecule has 3 nitrogen and oxygen atoms in total. The van der Waals surface area contributed by atoms with Gasteiger partial charge in [0.15, 0.2) is 11.5 Å². The van der Waals surface area contributed by atoms with E-state index in [1.807, 2.05) is 0 Å². The van der Waals surface area contributed by atoms with Gasteiger partial charge >= 0.3 is 0 Å². The Hall–Kier alpha value is -1.77. The van der Waals surface area contributed by atoms with Gasteiger partial charge in [0.1, 0.15) is 5.78 Å². The van der Waals surface area contributed by atoms with Crippen molar-refractivity contribution in [2.75, 3.05) is 0 Å². The molecule has 3 heteroatoms. The molecule has 0 aromatic heterocycles. The standard InChI is InChI=1S/C18H20O3/c1-18-7-6-11-12(14(18)4-5-17(18)21)3-2-10-8-15(19)16(20)9-13(10)11/h3,8-9,11,14,19-20H,2,4-7H2,1H3/t11-,14-,18-/m0/s1. The van der Waals surface area contributed by atoms with Crippen molar-refractivity contribution in [3.63, 3.8) is 0 Å². The highest BCUT2D eigenvalue weighted by atomic mass is 16.3. The first-order chi connectivity index (χ1) is 10.0. The third-order valence-electron chi connectivity index (χ3n) is 5.99. The fourth-order valence-corrected chi connectivity index (χ4v) is 4.76. The summed E-state index contributed by atoms with van der Waals surface area (Å²) >= 11 is 0. The van der Waals surface area contributed by atoms with Gasteiger partial charge in [0.25, 0.3) is 0 Å². The van der Waals surface area contributed by atoms with Gasteiger partial charge in [-0.25, -0.2) is 0 Å². The van der Waals surface area contributed by atoms with Crippen LogP contribution in [0.1, 0.15) is 49.7 Å². The summed E-state index contributed by atoms with van der Waals surface area (Å²) in [6.45, 7) is 2.13. The predicted octanol–water partition coefficient (Wildman–Crippen LogP) is 3.44. The van der Waals surface area contributed by atoms with Crippen LogP contribution in [0.2, 0.25) is 0 Å². The fraction of sp³-hybridized carbons (Fsp3) is 0.500. The van der Waals surface area contributed by atoms with Crippen LogP contribution < -0.4 is 0 Å². The molecular weight excluding hydrogens is 264 g/mol. The van der Waals surface area contributed by atoms with Gasteiger partial charge in [0.2, 0.25) is 0 Å². The second kappa shape index (κ2) is 4.12. The summed E-state index contributed by atoms with van der Waals surface area (Å²) in [6.07, 6.45) is 6.62. The lowest BCUT2D eigenvalue weighted by atomic mass is 9.60. The zero-order valence-corrected chi connectivity index (χ0v) is 12.2. The molecule has 4 rings (SSSR count). The van der Waals surface area contributed by atoms with Crippen LogP contribution in [0, 0.1) is 11.3 Å². The van der Waals surface area contributed by atoms with Gasteiger partial charge in [-0.1, -0.05) is 18.6 Å². The van der Waals surface area contributed by atoms with Gasteiger partial charge in [-0.05, 0) is 54.9 Å². The lowest BCUT2D eigenvalue weighted by Crippen LogP contribution is -2.37. The van der Waals surface area contributed by atoms with E-state index in [2.05, 4.69) is 13.0 Å². The van der Waals surface area contributed by atoms with E-state index in [0.29, 0.717) is 24.0 Å². The van der Waals surface area contributed by atoms with E-state index in [1.165, 1.54) is 5.57 Å². The Kier molecular flexibility index (Phi) is 2.54. The Balaban J connectivity index is 1.79.